The molecule has 0 aliphatic rings. The third-order valence-electron chi connectivity index (χ3n) is 1.78. The normalized spacial score (nSPS) is 12.1. The Labute approximate surface area is 79.7 Å². The van der Waals surface area contributed by atoms with Crippen LogP contribution in [0.1, 0.15) is 11.1 Å². The molecule has 0 saturated carbocycles. The number of benzene rings is 1. The minimum Gasteiger partial charge on any atom is -0.316 e. The van der Waals surface area contributed by atoms with Gasteiger partial charge in [-0.15, -0.1) is 0 Å². The maximum absolute atomic E-state index is 12.4. The second kappa shape index (κ2) is 3.98. The molecular formula is C9H11F3N2. The van der Waals surface area contributed by atoms with Crippen LogP contribution in [0.5, 0.6) is 0 Å². The van der Waals surface area contributed by atoms with E-state index in [9.17, 15) is 13.2 Å². The summed E-state index contributed by atoms with van der Waals surface area (Å²) in [5.41, 5.74) is 9.96. The lowest BCUT2D eigenvalue weighted by Gasteiger charge is -2.13. The first-order chi connectivity index (χ1) is 6.41. The lowest BCUT2D eigenvalue weighted by molar-refractivity contribution is -0.138. The number of alkyl halides is 3. The van der Waals surface area contributed by atoms with Crippen molar-refractivity contribution in [1.29, 1.82) is 0 Å². The molecule has 1 rings (SSSR count). The first kappa shape index (κ1) is 11.0. The number of halogens is 3. The van der Waals surface area contributed by atoms with Crippen LogP contribution < -0.4 is 11.5 Å². The summed E-state index contributed by atoms with van der Waals surface area (Å²) in [6.45, 7) is 0. The summed E-state index contributed by atoms with van der Waals surface area (Å²) < 4.78 is 37.3. The quantitative estimate of drug-likeness (QED) is 0.717. The van der Waals surface area contributed by atoms with Gasteiger partial charge in [-0.25, -0.2) is 0 Å². The van der Waals surface area contributed by atoms with Gasteiger partial charge >= 0.3 is 6.18 Å². The molecule has 14 heavy (non-hydrogen) atoms. The monoisotopic (exact) mass is 204 g/mol. The number of hydrogen-bond donors (Lipinski definition) is 2. The third kappa shape index (κ3) is 2.71. The van der Waals surface area contributed by atoms with Crippen molar-refractivity contribution < 1.29 is 13.2 Å². The molecule has 0 bridgehead atoms. The van der Waals surface area contributed by atoms with E-state index < -0.39 is 17.9 Å². The first-order valence-electron chi connectivity index (χ1n) is 4.07. The lowest BCUT2D eigenvalue weighted by atomic mass is 10.0. The van der Waals surface area contributed by atoms with E-state index in [1.807, 2.05) is 0 Å². The maximum atomic E-state index is 12.4. The van der Waals surface area contributed by atoms with Crippen molar-refractivity contribution in [3.05, 3.63) is 35.4 Å². The lowest BCUT2D eigenvalue weighted by Crippen LogP contribution is -2.33. The fraction of sp³-hybridized carbons (Fsp3) is 0.333. The molecule has 1 aromatic carbocycles. The highest BCUT2D eigenvalue weighted by molar-refractivity contribution is 5.30. The zero-order valence-electron chi connectivity index (χ0n) is 7.38. The van der Waals surface area contributed by atoms with Crippen molar-refractivity contribution in [1.82, 2.24) is 0 Å². The van der Waals surface area contributed by atoms with Crippen LogP contribution in [0, 0.1) is 0 Å². The van der Waals surface area contributed by atoms with Crippen molar-refractivity contribution in [2.75, 3.05) is 0 Å². The molecule has 78 valence electrons. The zero-order valence-corrected chi connectivity index (χ0v) is 7.38. The van der Waals surface area contributed by atoms with Crippen LogP contribution in [0.2, 0.25) is 0 Å². The van der Waals surface area contributed by atoms with Crippen LogP contribution in [0.15, 0.2) is 24.3 Å². The molecule has 4 N–H and O–H groups in total. The van der Waals surface area contributed by atoms with Gasteiger partial charge in [0.05, 0.1) is 11.7 Å². The minimum atomic E-state index is -4.34. The van der Waals surface area contributed by atoms with Gasteiger partial charge in [0.2, 0.25) is 0 Å². The van der Waals surface area contributed by atoms with E-state index in [2.05, 4.69) is 0 Å². The van der Waals surface area contributed by atoms with E-state index in [1.165, 1.54) is 18.2 Å². The third-order valence-corrected chi connectivity index (χ3v) is 1.78. The molecule has 0 heterocycles. The van der Waals surface area contributed by atoms with Gasteiger partial charge in [0.15, 0.2) is 0 Å². The van der Waals surface area contributed by atoms with Crippen molar-refractivity contribution in [3.63, 3.8) is 0 Å². The molecule has 0 aliphatic carbocycles. The Morgan fingerprint density at radius 1 is 1.14 bits per heavy atom. The molecule has 0 fully saturated rings. The molecule has 0 spiro atoms. The highest BCUT2D eigenvalue weighted by atomic mass is 19.4. The van der Waals surface area contributed by atoms with Crippen LogP contribution in [0.3, 0.4) is 0 Å². The van der Waals surface area contributed by atoms with Gasteiger partial charge in [-0.2, -0.15) is 13.2 Å². The van der Waals surface area contributed by atoms with Gasteiger partial charge in [0.25, 0.3) is 0 Å². The van der Waals surface area contributed by atoms with Gasteiger partial charge in [-0.1, -0.05) is 18.2 Å². The van der Waals surface area contributed by atoms with E-state index in [4.69, 9.17) is 11.5 Å². The second-order valence-corrected chi connectivity index (χ2v) is 3.02. The van der Waals surface area contributed by atoms with E-state index in [0.29, 0.717) is 0 Å². The topological polar surface area (TPSA) is 52.0 Å². The van der Waals surface area contributed by atoms with Gasteiger partial charge in [0.1, 0.15) is 0 Å². The van der Waals surface area contributed by atoms with Gasteiger partial charge in [0, 0.05) is 6.42 Å². The Balaban J connectivity index is 3.04. The molecular weight excluding hydrogens is 193 g/mol. The predicted octanol–water partition coefficient (Wildman–Crippen LogP) is 1.49. The summed E-state index contributed by atoms with van der Waals surface area (Å²) in [7, 11) is 0. The number of hydrogen-bond acceptors (Lipinski definition) is 2. The van der Waals surface area contributed by atoms with Crippen molar-refractivity contribution >= 4 is 0 Å². The Kier molecular flexibility index (Phi) is 3.13. The van der Waals surface area contributed by atoms with Crippen molar-refractivity contribution in [2.45, 2.75) is 18.8 Å². The number of rotatable bonds is 2. The average molecular weight is 204 g/mol. The van der Waals surface area contributed by atoms with Gasteiger partial charge in [-0.05, 0) is 11.6 Å². The summed E-state index contributed by atoms with van der Waals surface area (Å²) >= 11 is 0. The molecule has 0 amide bonds. The molecule has 0 radical (unpaired) electrons. The Morgan fingerprint density at radius 3 is 2.21 bits per heavy atom. The molecule has 0 saturated heterocycles. The molecule has 1 aromatic rings. The highest BCUT2D eigenvalue weighted by Gasteiger charge is 2.32. The van der Waals surface area contributed by atoms with Crippen molar-refractivity contribution in [2.24, 2.45) is 11.5 Å². The SMILES string of the molecule is NC(N)Cc1ccccc1C(F)(F)F. The molecule has 0 aromatic heterocycles. The fourth-order valence-electron chi connectivity index (χ4n) is 1.23. The Hall–Kier alpha value is -1.07. The summed E-state index contributed by atoms with van der Waals surface area (Å²) in [6.07, 6.45) is -5.08. The van der Waals surface area contributed by atoms with Crippen LogP contribution in [0.4, 0.5) is 13.2 Å². The maximum Gasteiger partial charge on any atom is 0.416 e. The fourth-order valence-corrected chi connectivity index (χ4v) is 1.23. The van der Waals surface area contributed by atoms with Crippen LogP contribution in [-0.2, 0) is 12.6 Å². The zero-order chi connectivity index (χ0) is 10.8. The van der Waals surface area contributed by atoms with Crippen molar-refractivity contribution in [3.8, 4) is 0 Å². The number of nitrogens with two attached hydrogens (primary N) is 2. The van der Waals surface area contributed by atoms with Crippen LogP contribution >= 0.6 is 0 Å². The van der Waals surface area contributed by atoms with Gasteiger partial charge < -0.3 is 11.5 Å². The Bertz CT molecular complexity index is 307. The Morgan fingerprint density at radius 2 is 1.71 bits per heavy atom. The largest absolute Gasteiger partial charge is 0.416 e. The first-order valence-corrected chi connectivity index (χ1v) is 4.07. The molecule has 5 heteroatoms. The molecule has 0 atom stereocenters. The second-order valence-electron chi connectivity index (χ2n) is 3.02. The standard InChI is InChI=1S/C9H11F3N2/c10-9(11,12)7-4-2-1-3-6(7)5-8(13)14/h1-4,8H,5,13-14H2. The highest BCUT2D eigenvalue weighted by Crippen LogP contribution is 2.31. The van der Waals surface area contributed by atoms with Crippen LogP contribution in [-0.4, -0.2) is 6.17 Å². The minimum absolute atomic E-state index is 0.0235. The molecule has 2 nitrogen and oxygen atoms in total. The predicted molar refractivity (Wildman–Crippen MR) is 47.3 cm³/mol. The van der Waals surface area contributed by atoms with Gasteiger partial charge in [-0.3, -0.25) is 0 Å². The molecule has 0 unspecified atom stereocenters. The van der Waals surface area contributed by atoms with E-state index in [0.717, 1.165) is 6.07 Å². The van der Waals surface area contributed by atoms with E-state index in [-0.39, 0.29) is 12.0 Å². The summed E-state index contributed by atoms with van der Waals surface area (Å²) in [5.74, 6) is 0. The van der Waals surface area contributed by atoms with Crippen LogP contribution in [0.25, 0.3) is 0 Å². The molecule has 0 aliphatic heterocycles. The smallest absolute Gasteiger partial charge is 0.316 e. The average Bonchev–Trinajstić information content (AvgIpc) is 2.01. The summed E-state index contributed by atoms with van der Waals surface area (Å²) in [4.78, 5) is 0. The summed E-state index contributed by atoms with van der Waals surface area (Å²) in [5, 5.41) is 0. The van der Waals surface area contributed by atoms with E-state index in [1.54, 1.807) is 0 Å². The van der Waals surface area contributed by atoms with E-state index >= 15 is 0 Å². The summed E-state index contributed by atoms with van der Waals surface area (Å²) in [6, 6.07) is 5.29.